The van der Waals surface area contributed by atoms with Crippen LogP contribution in [-0.4, -0.2) is 25.2 Å². The maximum atomic E-state index is 12.6. The van der Waals surface area contributed by atoms with E-state index < -0.39 is 26.8 Å². The molecule has 3 N–H and O–H groups in total. The van der Waals surface area contributed by atoms with Crippen molar-refractivity contribution in [2.45, 2.75) is 11.4 Å². The monoisotopic (exact) mass is 480 g/mol. The minimum Gasteiger partial charge on any atom is -0.268 e. The van der Waals surface area contributed by atoms with Gasteiger partial charge in [-0.2, -0.15) is 0 Å². The summed E-state index contributed by atoms with van der Waals surface area (Å²) in [6.07, 6.45) is 2.44. The molecule has 0 heterocycles. The number of nitrogens with zero attached hydrogens (tertiary/aromatic N) is 1. The third-order valence-corrected chi connectivity index (χ3v) is 5.92. The molecule has 3 aromatic carbocycles. The molecule has 10 nitrogen and oxygen atoms in total. The molecule has 0 spiro atoms. The molecule has 0 aliphatic heterocycles. The summed E-state index contributed by atoms with van der Waals surface area (Å²) in [6, 6.07) is 20.0. The number of sulfonamides is 1. The standard InChI is InChI=1S/C23H20N4O6S/c28-22(13-12-17-8-4-10-20(14-17)27(30)31)25-26-23(29)19-9-5-11-21(15-19)34(32,33)24-16-18-6-2-1-3-7-18/h1-15,24H,16H2,(H,25,28)(H,26,29)/b13-12+. The van der Waals surface area contributed by atoms with Gasteiger partial charge in [0.1, 0.15) is 0 Å². The number of rotatable bonds is 8. The van der Waals surface area contributed by atoms with Crippen LogP contribution in [0.1, 0.15) is 21.5 Å². The summed E-state index contributed by atoms with van der Waals surface area (Å²) in [6.45, 7) is 0.0898. The molecule has 11 heteroatoms. The van der Waals surface area contributed by atoms with Gasteiger partial charge in [0.25, 0.3) is 17.5 Å². The van der Waals surface area contributed by atoms with Crippen LogP contribution in [0.2, 0.25) is 0 Å². The molecule has 3 rings (SSSR count). The van der Waals surface area contributed by atoms with Gasteiger partial charge in [-0.1, -0.05) is 48.5 Å². The molecule has 34 heavy (non-hydrogen) atoms. The third kappa shape index (κ3) is 6.82. The highest BCUT2D eigenvalue weighted by Crippen LogP contribution is 2.14. The van der Waals surface area contributed by atoms with E-state index in [4.69, 9.17) is 0 Å². The summed E-state index contributed by atoms with van der Waals surface area (Å²) < 4.78 is 27.6. The van der Waals surface area contributed by atoms with E-state index in [0.717, 1.165) is 11.6 Å². The zero-order valence-electron chi connectivity index (χ0n) is 17.7. The van der Waals surface area contributed by atoms with Crippen molar-refractivity contribution in [3.63, 3.8) is 0 Å². The molecule has 0 aliphatic carbocycles. The van der Waals surface area contributed by atoms with E-state index in [9.17, 15) is 28.1 Å². The smallest absolute Gasteiger partial charge is 0.268 e. The van der Waals surface area contributed by atoms with Gasteiger partial charge in [-0.05, 0) is 35.4 Å². The summed E-state index contributed by atoms with van der Waals surface area (Å²) in [4.78, 5) is 34.5. The highest BCUT2D eigenvalue weighted by Gasteiger charge is 2.16. The van der Waals surface area contributed by atoms with Gasteiger partial charge >= 0.3 is 0 Å². The number of hydrogen-bond acceptors (Lipinski definition) is 6. The van der Waals surface area contributed by atoms with Crippen molar-refractivity contribution in [2.24, 2.45) is 0 Å². The summed E-state index contributed by atoms with van der Waals surface area (Å²) in [5.41, 5.74) is 5.46. The molecule has 0 saturated heterocycles. The summed E-state index contributed by atoms with van der Waals surface area (Å²) >= 11 is 0. The molecule has 0 aromatic heterocycles. The molecular formula is C23H20N4O6S. The first-order chi connectivity index (χ1) is 16.2. The Morgan fingerprint density at radius 3 is 2.38 bits per heavy atom. The second-order valence-corrected chi connectivity index (χ2v) is 8.73. The number of carbonyl (C=O) groups is 2. The molecule has 174 valence electrons. The third-order valence-electron chi connectivity index (χ3n) is 4.52. The fourth-order valence-electron chi connectivity index (χ4n) is 2.81. The number of carbonyl (C=O) groups excluding carboxylic acids is 2. The van der Waals surface area contributed by atoms with Crippen molar-refractivity contribution in [1.82, 2.24) is 15.6 Å². The summed E-state index contributed by atoms with van der Waals surface area (Å²) in [7, 11) is -3.87. The summed E-state index contributed by atoms with van der Waals surface area (Å²) in [5, 5.41) is 10.8. The molecule has 0 unspecified atom stereocenters. The number of nitro benzene ring substituents is 1. The predicted octanol–water partition coefficient (Wildman–Crippen LogP) is 2.55. The number of amides is 2. The number of benzene rings is 3. The Morgan fingerprint density at radius 1 is 0.912 bits per heavy atom. The van der Waals surface area contributed by atoms with Crippen molar-refractivity contribution in [3.8, 4) is 0 Å². The Hall–Kier alpha value is -4.35. The highest BCUT2D eigenvalue weighted by atomic mass is 32.2. The van der Waals surface area contributed by atoms with Crippen LogP contribution >= 0.6 is 0 Å². The molecule has 0 radical (unpaired) electrons. The first-order valence-corrected chi connectivity index (χ1v) is 11.4. The SMILES string of the molecule is O=C(/C=C/c1cccc([N+](=O)[O-])c1)NNC(=O)c1cccc(S(=O)(=O)NCc2ccccc2)c1. The Balaban J connectivity index is 1.59. The number of nitrogens with one attached hydrogen (secondary N) is 3. The van der Waals surface area contributed by atoms with E-state index >= 15 is 0 Å². The normalized spacial score (nSPS) is 11.2. The fourth-order valence-corrected chi connectivity index (χ4v) is 3.87. The molecule has 0 bridgehead atoms. The van der Waals surface area contributed by atoms with Crippen molar-refractivity contribution in [1.29, 1.82) is 0 Å². The van der Waals surface area contributed by atoms with Crippen molar-refractivity contribution < 1.29 is 22.9 Å². The Morgan fingerprint density at radius 2 is 1.65 bits per heavy atom. The lowest BCUT2D eigenvalue weighted by Crippen LogP contribution is -2.40. The van der Waals surface area contributed by atoms with Crippen LogP contribution in [0.3, 0.4) is 0 Å². The van der Waals surface area contributed by atoms with Crippen LogP contribution in [0.5, 0.6) is 0 Å². The summed E-state index contributed by atoms with van der Waals surface area (Å²) in [5.74, 6) is -1.41. The number of hydrogen-bond donors (Lipinski definition) is 3. The molecule has 0 saturated carbocycles. The van der Waals surface area contributed by atoms with Gasteiger partial charge in [0, 0.05) is 30.3 Å². The van der Waals surface area contributed by atoms with E-state index in [0.29, 0.717) is 5.56 Å². The lowest BCUT2D eigenvalue weighted by atomic mass is 10.2. The van der Waals surface area contributed by atoms with Gasteiger partial charge in [-0.3, -0.25) is 30.6 Å². The van der Waals surface area contributed by atoms with E-state index in [-0.39, 0.29) is 22.7 Å². The van der Waals surface area contributed by atoms with E-state index in [2.05, 4.69) is 15.6 Å². The van der Waals surface area contributed by atoms with Gasteiger partial charge in [-0.15, -0.1) is 0 Å². The number of non-ortho nitro benzene ring substituents is 1. The maximum absolute atomic E-state index is 12.6. The van der Waals surface area contributed by atoms with Crippen LogP contribution in [0, 0.1) is 10.1 Å². The van der Waals surface area contributed by atoms with Gasteiger partial charge in [0.2, 0.25) is 10.0 Å². The van der Waals surface area contributed by atoms with Gasteiger partial charge in [0.15, 0.2) is 0 Å². The minimum atomic E-state index is -3.87. The van der Waals surface area contributed by atoms with E-state index in [1.54, 1.807) is 30.3 Å². The molecule has 2 amide bonds. The average Bonchev–Trinajstić information content (AvgIpc) is 2.85. The average molecular weight is 481 g/mol. The molecule has 3 aromatic rings. The van der Waals surface area contributed by atoms with Crippen LogP contribution < -0.4 is 15.6 Å². The van der Waals surface area contributed by atoms with Crippen molar-refractivity contribution >= 4 is 33.6 Å². The highest BCUT2D eigenvalue weighted by molar-refractivity contribution is 7.89. The zero-order chi connectivity index (χ0) is 24.6. The van der Waals surface area contributed by atoms with Crippen LogP contribution in [0.15, 0.2) is 89.8 Å². The molecule has 0 atom stereocenters. The van der Waals surface area contributed by atoms with E-state index in [1.165, 1.54) is 48.5 Å². The Bertz CT molecular complexity index is 1340. The second-order valence-electron chi connectivity index (χ2n) is 6.97. The zero-order valence-corrected chi connectivity index (χ0v) is 18.5. The first-order valence-electron chi connectivity index (χ1n) is 9.91. The Kier molecular flexibility index (Phi) is 7.85. The van der Waals surface area contributed by atoms with Crippen LogP contribution in [-0.2, 0) is 21.4 Å². The van der Waals surface area contributed by atoms with Crippen molar-refractivity contribution in [3.05, 3.63) is 112 Å². The second kappa shape index (κ2) is 11.0. The van der Waals surface area contributed by atoms with E-state index in [1.807, 2.05) is 6.07 Å². The van der Waals surface area contributed by atoms with Crippen molar-refractivity contribution in [2.75, 3.05) is 0 Å². The van der Waals surface area contributed by atoms with Gasteiger partial charge in [-0.25, -0.2) is 13.1 Å². The minimum absolute atomic E-state index is 0.0190. The molecule has 0 aliphatic rings. The maximum Gasteiger partial charge on any atom is 0.270 e. The Labute approximate surface area is 195 Å². The fraction of sp³-hybridized carbons (Fsp3) is 0.0435. The lowest BCUT2D eigenvalue weighted by molar-refractivity contribution is -0.384. The first kappa shape index (κ1) is 24.3. The number of nitro groups is 1. The van der Waals surface area contributed by atoms with Crippen LogP contribution in [0.4, 0.5) is 5.69 Å². The molecular weight excluding hydrogens is 460 g/mol. The quantitative estimate of drug-likeness (QED) is 0.256. The topological polar surface area (TPSA) is 148 Å². The number of hydrazine groups is 1. The van der Waals surface area contributed by atoms with Gasteiger partial charge in [0.05, 0.1) is 9.82 Å². The van der Waals surface area contributed by atoms with Gasteiger partial charge < -0.3 is 0 Å². The predicted molar refractivity (Wildman–Crippen MR) is 125 cm³/mol. The van der Waals surface area contributed by atoms with Crippen LogP contribution in [0.25, 0.3) is 6.08 Å². The lowest BCUT2D eigenvalue weighted by Gasteiger charge is -2.09. The molecule has 0 fully saturated rings. The largest absolute Gasteiger partial charge is 0.270 e.